The minimum atomic E-state index is -0.515. The summed E-state index contributed by atoms with van der Waals surface area (Å²) < 4.78 is 12.9. The van der Waals surface area contributed by atoms with E-state index >= 15 is 0 Å². The summed E-state index contributed by atoms with van der Waals surface area (Å²) in [6, 6.07) is 12.7. The van der Waals surface area contributed by atoms with Crippen LogP contribution >= 0.6 is 11.3 Å². The first-order valence-corrected chi connectivity index (χ1v) is 10.6. The molecule has 0 unspecified atom stereocenters. The van der Waals surface area contributed by atoms with E-state index in [0.29, 0.717) is 40.6 Å². The molecule has 0 spiro atoms. The number of hydrogen-bond donors (Lipinski definition) is 2. The number of hydrogen-bond acceptors (Lipinski definition) is 7. The molecule has 3 aromatic rings. The molecule has 1 aromatic heterocycles. The Morgan fingerprint density at radius 2 is 1.70 bits per heavy atom. The number of quaternary nitrogens is 1. The van der Waals surface area contributed by atoms with Crippen LogP contribution in [0.3, 0.4) is 0 Å². The third-order valence-corrected chi connectivity index (χ3v) is 6.23. The predicted molar refractivity (Wildman–Crippen MR) is 117 cm³/mol. The average molecular weight is 433 g/mol. The minimum absolute atomic E-state index is 0.00658. The number of ether oxygens (including phenoxy) is 2. The molecule has 0 bridgehead atoms. The maximum atomic E-state index is 12.7. The van der Waals surface area contributed by atoms with Crippen LogP contribution in [0.1, 0.15) is 0 Å². The van der Waals surface area contributed by atoms with E-state index in [0.717, 1.165) is 9.40 Å². The van der Waals surface area contributed by atoms with Crippen LogP contribution in [-0.4, -0.2) is 73.8 Å². The number of carbonyl (C=O) groups excluding carboxylic acids is 1. The molecule has 1 heterocycles. The summed E-state index contributed by atoms with van der Waals surface area (Å²) >= 11 is 1.54. The highest BCUT2D eigenvalue weighted by molar-refractivity contribution is 7.24. The fourth-order valence-electron chi connectivity index (χ4n) is 3.25. The zero-order valence-corrected chi connectivity index (χ0v) is 17.7. The molecule has 160 valence electrons. The molecule has 7 nitrogen and oxygen atoms in total. The van der Waals surface area contributed by atoms with E-state index in [9.17, 15) is 9.59 Å². The van der Waals surface area contributed by atoms with Crippen molar-refractivity contribution in [1.29, 1.82) is 0 Å². The molecular weight excluding hydrogens is 406 g/mol. The molecule has 2 aromatic carbocycles. The molecule has 0 aliphatic rings. The zero-order chi connectivity index (χ0) is 21.6. The largest absolute Gasteiger partial charge is 0.482 e. The van der Waals surface area contributed by atoms with Gasteiger partial charge in [-0.1, -0.05) is 12.1 Å². The van der Waals surface area contributed by atoms with Gasteiger partial charge < -0.3 is 24.2 Å². The van der Waals surface area contributed by atoms with E-state index in [1.54, 1.807) is 18.2 Å². The second kappa shape index (κ2) is 9.99. The van der Waals surface area contributed by atoms with Gasteiger partial charge in [-0.15, -0.1) is 11.3 Å². The average Bonchev–Trinajstić information content (AvgIpc) is 2.73. The second-order valence-electron chi connectivity index (χ2n) is 7.33. The van der Waals surface area contributed by atoms with Crippen molar-refractivity contribution >= 4 is 37.5 Å². The Kier molecular flexibility index (Phi) is 7.38. The lowest BCUT2D eigenvalue weighted by molar-refractivity contribution is -0.910. The Bertz CT molecular complexity index is 1070. The predicted octanol–water partition coefficient (Wildman–Crippen LogP) is 1.77. The van der Waals surface area contributed by atoms with Crippen LogP contribution in [-0.2, 0) is 9.53 Å². The molecule has 3 rings (SSSR count). The van der Waals surface area contributed by atoms with E-state index in [-0.39, 0.29) is 31.9 Å². The highest BCUT2D eigenvalue weighted by Crippen LogP contribution is 2.27. The molecule has 0 amide bonds. The van der Waals surface area contributed by atoms with Crippen LogP contribution in [0, 0.1) is 0 Å². The van der Waals surface area contributed by atoms with Crippen LogP contribution in [0.25, 0.3) is 20.2 Å². The SMILES string of the molecule is C[N+](CCO)(CCO)CCOC(=O)COc1ccc2sc3ccccc3c(=O)c2c1. The number of carbonyl (C=O) groups is 1. The number of fused-ring (bicyclic) bond motifs is 2. The Balaban J connectivity index is 1.60. The normalized spacial score (nSPS) is 11.7. The Morgan fingerprint density at radius 1 is 1.00 bits per heavy atom. The van der Waals surface area contributed by atoms with Gasteiger partial charge in [-0.3, -0.25) is 4.79 Å². The van der Waals surface area contributed by atoms with Crippen molar-refractivity contribution in [2.24, 2.45) is 0 Å². The van der Waals surface area contributed by atoms with Gasteiger partial charge >= 0.3 is 5.97 Å². The molecule has 2 N–H and O–H groups in total. The highest BCUT2D eigenvalue weighted by atomic mass is 32.1. The van der Waals surface area contributed by atoms with Gasteiger partial charge in [0.1, 0.15) is 32.0 Å². The maximum Gasteiger partial charge on any atom is 0.344 e. The molecule has 8 heteroatoms. The summed E-state index contributed by atoms with van der Waals surface area (Å²) in [7, 11) is 1.89. The van der Waals surface area contributed by atoms with Crippen molar-refractivity contribution in [2.75, 3.05) is 53.1 Å². The number of nitrogens with zero attached hydrogens (tertiary/aromatic N) is 1. The highest BCUT2D eigenvalue weighted by Gasteiger charge is 2.21. The Hall–Kier alpha value is -2.52. The topological polar surface area (TPSA) is 93.1 Å². The van der Waals surface area contributed by atoms with Crippen LogP contribution in [0.5, 0.6) is 5.75 Å². The summed E-state index contributed by atoms with van der Waals surface area (Å²) in [5.41, 5.74) is -0.0582. The van der Waals surface area contributed by atoms with E-state index in [2.05, 4.69) is 0 Å². The Labute approximate surface area is 178 Å². The molecular formula is C22H26NO6S+. The molecule has 0 saturated heterocycles. The van der Waals surface area contributed by atoms with Crippen LogP contribution < -0.4 is 10.2 Å². The number of benzene rings is 2. The molecule has 30 heavy (non-hydrogen) atoms. The van der Waals surface area contributed by atoms with E-state index < -0.39 is 5.97 Å². The molecule has 0 aliphatic carbocycles. The molecule has 0 atom stereocenters. The van der Waals surface area contributed by atoms with Gasteiger partial charge in [-0.2, -0.15) is 0 Å². The lowest BCUT2D eigenvalue weighted by Gasteiger charge is -2.33. The van der Waals surface area contributed by atoms with Gasteiger partial charge in [0.2, 0.25) is 0 Å². The van der Waals surface area contributed by atoms with E-state index in [1.807, 2.05) is 31.3 Å². The molecule has 0 aliphatic heterocycles. The molecule has 0 radical (unpaired) electrons. The molecule has 0 fully saturated rings. The first-order chi connectivity index (χ1) is 14.5. The summed E-state index contributed by atoms with van der Waals surface area (Å²) in [4.78, 5) is 24.8. The smallest absolute Gasteiger partial charge is 0.344 e. The standard InChI is InChI=1S/C22H26NO6S/c1-23(8-11-24,9-12-25)10-13-28-21(26)15-29-16-6-7-20-18(14-16)22(27)17-4-2-3-5-19(17)30-20/h2-7,14,24-25H,8-13,15H2,1H3/q+1. The van der Waals surface area contributed by atoms with Gasteiger partial charge in [-0.05, 0) is 30.3 Å². The van der Waals surface area contributed by atoms with Crippen molar-refractivity contribution in [3.63, 3.8) is 0 Å². The van der Waals surface area contributed by atoms with Gasteiger partial charge in [0.15, 0.2) is 12.0 Å². The fourth-order valence-corrected chi connectivity index (χ4v) is 4.31. The lowest BCUT2D eigenvalue weighted by atomic mass is 10.2. The fraction of sp³-hybridized carbons (Fsp3) is 0.364. The van der Waals surface area contributed by atoms with Crippen molar-refractivity contribution in [2.45, 2.75) is 0 Å². The number of rotatable bonds is 10. The summed E-state index contributed by atoms with van der Waals surface area (Å²) in [5.74, 6) is -0.0847. The van der Waals surface area contributed by atoms with Crippen molar-refractivity contribution in [1.82, 2.24) is 0 Å². The summed E-state index contributed by atoms with van der Waals surface area (Å²) in [5, 5.41) is 19.5. The van der Waals surface area contributed by atoms with E-state index in [4.69, 9.17) is 19.7 Å². The maximum absolute atomic E-state index is 12.7. The van der Waals surface area contributed by atoms with Gasteiger partial charge in [-0.25, -0.2) is 4.79 Å². The van der Waals surface area contributed by atoms with Crippen LogP contribution in [0.15, 0.2) is 47.3 Å². The van der Waals surface area contributed by atoms with Crippen molar-refractivity contribution < 1.29 is 29.0 Å². The zero-order valence-electron chi connectivity index (χ0n) is 16.9. The lowest BCUT2D eigenvalue weighted by Crippen LogP contribution is -2.50. The quantitative estimate of drug-likeness (QED) is 0.288. The summed E-state index contributed by atoms with van der Waals surface area (Å²) in [6.45, 7) is 1.31. The Morgan fingerprint density at radius 3 is 2.43 bits per heavy atom. The third kappa shape index (κ3) is 5.34. The van der Waals surface area contributed by atoms with Gasteiger partial charge in [0, 0.05) is 20.2 Å². The number of likely N-dealkylation sites (N-methyl/N-ethyl adjacent to an activating group) is 1. The number of esters is 1. The van der Waals surface area contributed by atoms with Gasteiger partial charge in [0.05, 0.1) is 20.3 Å². The third-order valence-electron chi connectivity index (χ3n) is 5.08. The second-order valence-corrected chi connectivity index (χ2v) is 8.42. The van der Waals surface area contributed by atoms with Crippen LogP contribution in [0.4, 0.5) is 0 Å². The first kappa shape index (κ1) is 22.2. The van der Waals surface area contributed by atoms with Crippen molar-refractivity contribution in [3.05, 3.63) is 52.7 Å². The van der Waals surface area contributed by atoms with Crippen molar-refractivity contribution in [3.8, 4) is 5.75 Å². The minimum Gasteiger partial charge on any atom is -0.482 e. The van der Waals surface area contributed by atoms with E-state index in [1.165, 1.54) is 11.3 Å². The number of aliphatic hydroxyl groups excluding tert-OH is 2. The van der Waals surface area contributed by atoms with Crippen LogP contribution in [0.2, 0.25) is 0 Å². The number of aliphatic hydroxyl groups is 2. The molecule has 0 saturated carbocycles. The monoisotopic (exact) mass is 432 g/mol. The van der Waals surface area contributed by atoms with Gasteiger partial charge in [0.25, 0.3) is 0 Å². The summed E-state index contributed by atoms with van der Waals surface area (Å²) in [6.07, 6.45) is 0. The first-order valence-electron chi connectivity index (χ1n) is 9.75.